The molecule has 2 rings (SSSR count). The third-order valence-corrected chi connectivity index (χ3v) is 5.52. The quantitative estimate of drug-likeness (QED) is 0.262. The molecule has 0 spiro atoms. The standard InChI is InChI=1S/C29H35F/c1-6-26-13-11-15-27(21-26)14-10-12-22(2)25(5)29(20-24(4)30)19-18-23(3)28-16-8-7-9-17-28/h7-9,11,13,15-21,24-25H,2-3,6,10,12,14H2,1,4-5H3/b19-18-,29-20+. The SMILES string of the molecule is C=C(/C=C\C(=C/C(C)F)C(C)C(=C)CCCc1cccc(CC)c1)c1ccccc1. The van der Waals surface area contributed by atoms with Crippen LogP contribution in [0.3, 0.4) is 0 Å². The lowest BCUT2D eigenvalue weighted by Gasteiger charge is -2.17. The normalized spacial score (nSPS) is 13.9. The van der Waals surface area contributed by atoms with Crippen LogP contribution in [0.4, 0.5) is 4.39 Å². The third kappa shape index (κ3) is 7.63. The van der Waals surface area contributed by atoms with E-state index in [4.69, 9.17) is 0 Å². The summed E-state index contributed by atoms with van der Waals surface area (Å²) in [5, 5.41) is 0. The zero-order valence-electron chi connectivity index (χ0n) is 18.7. The first-order valence-electron chi connectivity index (χ1n) is 10.9. The average molecular weight is 403 g/mol. The van der Waals surface area contributed by atoms with Gasteiger partial charge < -0.3 is 0 Å². The molecule has 0 aromatic heterocycles. The molecule has 2 atom stereocenters. The van der Waals surface area contributed by atoms with Gasteiger partial charge in [0.2, 0.25) is 0 Å². The van der Waals surface area contributed by atoms with Gasteiger partial charge in [-0.1, -0.05) is 99.3 Å². The van der Waals surface area contributed by atoms with Crippen LogP contribution in [0.2, 0.25) is 0 Å². The summed E-state index contributed by atoms with van der Waals surface area (Å²) in [7, 11) is 0. The molecule has 0 N–H and O–H groups in total. The lowest BCUT2D eigenvalue weighted by atomic mass is 9.88. The first-order valence-corrected chi connectivity index (χ1v) is 10.9. The Labute approximate surface area is 182 Å². The molecule has 0 saturated heterocycles. The van der Waals surface area contributed by atoms with Gasteiger partial charge in [-0.2, -0.15) is 0 Å². The summed E-state index contributed by atoms with van der Waals surface area (Å²) in [6, 6.07) is 18.8. The molecule has 0 radical (unpaired) electrons. The van der Waals surface area contributed by atoms with Crippen LogP contribution >= 0.6 is 0 Å². The number of benzene rings is 2. The van der Waals surface area contributed by atoms with Gasteiger partial charge in [0.25, 0.3) is 0 Å². The maximum atomic E-state index is 13.8. The van der Waals surface area contributed by atoms with Gasteiger partial charge in [0.1, 0.15) is 6.17 Å². The maximum absolute atomic E-state index is 13.8. The molecular formula is C29H35F. The smallest absolute Gasteiger partial charge is 0.116 e. The van der Waals surface area contributed by atoms with Crippen LogP contribution in [0.5, 0.6) is 0 Å². The molecule has 2 aromatic rings. The molecule has 0 aliphatic heterocycles. The van der Waals surface area contributed by atoms with Crippen LogP contribution in [0.15, 0.2) is 97.1 Å². The van der Waals surface area contributed by atoms with Crippen molar-refractivity contribution >= 4 is 5.57 Å². The highest BCUT2D eigenvalue weighted by Crippen LogP contribution is 2.26. The van der Waals surface area contributed by atoms with Gasteiger partial charge in [-0.05, 0) is 66.5 Å². The van der Waals surface area contributed by atoms with Crippen molar-refractivity contribution in [3.8, 4) is 0 Å². The van der Waals surface area contributed by atoms with E-state index in [9.17, 15) is 4.39 Å². The van der Waals surface area contributed by atoms with Crippen LogP contribution < -0.4 is 0 Å². The van der Waals surface area contributed by atoms with Crippen molar-refractivity contribution < 1.29 is 4.39 Å². The van der Waals surface area contributed by atoms with Gasteiger partial charge in [0, 0.05) is 5.92 Å². The summed E-state index contributed by atoms with van der Waals surface area (Å²) in [6.07, 6.45) is 8.75. The number of allylic oxidation sites excluding steroid dienone is 6. The molecule has 0 aliphatic rings. The van der Waals surface area contributed by atoms with Crippen molar-refractivity contribution in [3.63, 3.8) is 0 Å². The molecule has 0 nitrogen and oxygen atoms in total. The summed E-state index contributed by atoms with van der Waals surface area (Å²) in [5.74, 6) is 0.102. The van der Waals surface area contributed by atoms with E-state index in [1.807, 2.05) is 42.5 Å². The Bertz CT molecular complexity index is 884. The predicted octanol–water partition coefficient (Wildman–Crippen LogP) is 8.32. The molecule has 0 fully saturated rings. The summed E-state index contributed by atoms with van der Waals surface area (Å²) in [6.45, 7) is 14.3. The van der Waals surface area contributed by atoms with Crippen molar-refractivity contribution in [2.24, 2.45) is 5.92 Å². The number of halogens is 1. The molecule has 2 unspecified atom stereocenters. The number of rotatable bonds is 11. The maximum Gasteiger partial charge on any atom is 0.116 e. The van der Waals surface area contributed by atoms with E-state index >= 15 is 0 Å². The lowest BCUT2D eigenvalue weighted by Crippen LogP contribution is -2.04. The van der Waals surface area contributed by atoms with E-state index in [1.165, 1.54) is 11.1 Å². The highest BCUT2D eigenvalue weighted by Gasteiger charge is 2.12. The van der Waals surface area contributed by atoms with Gasteiger partial charge >= 0.3 is 0 Å². The predicted molar refractivity (Wildman–Crippen MR) is 130 cm³/mol. The van der Waals surface area contributed by atoms with E-state index in [0.717, 1.165) is 48.0 Å². The van der Waals surface area contributed by atoms with E-state index in [-0.39, 0.29) is 5.92 Å². The highest BCUT2D eigenvalue weighted by molar-refractivity contribution is 5.72. The number of hydrogen-bond acceptors (Lipinski definition) is 0. The van der Waals surface area contributed by atoms with E-state index in [0.29, 0.717) is 0 Å². The molecule has 158 valence electrons. The average Bonchev–Trinajstić information content (AvgIpc) is 2.76. The highest BCUT2D eigenvalue weighted by atomic mass is 19.1. The van der Waals surface area contributed by atoms with Crippen LogP contribution in [0.1, 0.15) is 50.3 Å². The van der Waals surface area contributed by atoms with Gasteiger partial charge in [-0.3, -0.25) is 0 Å². The Hall–Kier alpha value is -2.67. The summed E-state index contributed by atoms with van der Waals surface area (Å²) < 4.78 is 13.8. The fourth-order valence-electron chi connectivity index (χ4n) is 3.53. The Kier molecular flexibility index (Phi) is 9.54. The molecule has 0 saturated carbocycles. The molecule has 0 bridgehead atoms. The first kappa shape index (κ1) is 23.6. The fraction of sp³-hybridized carbons (Fsp3) is 0.310. The lowest BCUT2D eigenvalue weighted by molar-refractivity contribution is 0.427. The molecular weight excluding hydrogens is 367 g/mol. The topological polar surface area (TPSA) is 0 Å². The minimum atomic E-state index is -0.998. The first-order chi connectivity index (χ1) is 14.4. The molecule has 30 heavy (non-hydrogen) atoms. The zero-order valence-corrected chi connectivity index (χ0v) is 18.7. The van der Waals surface area contributed by atoms with Crippen LogP contribution in [0, 0.1) is 5.92 Å². The van der Waals surface area contributed by atoms with Crippen molar-refractivity contribution in [2.75, 3.05) is 0 Å². The van der Waals surface area contributed by atoms with Crippen LogP contribution in [-0.2, 0) is 12.8 Å². The Morgan fingerprint density at radius 1 is 0.967 bits per heavy atom. The fourth-order valence-corrected chi connectivity index (χ4v) is 3.53. The van der Waals surface area contributed by atoms with E-state index in [1.54, 1.807) is 13.0 Å². The Morgan fingerprint density at radius 2 is 1.67 bits per heavy atom. The minimum Gasteiger partial charge on any atom is -0.243 e. The van der Waals surface area contributed by atoms with Crippen molar-refractivity contribution in [1.82, 2.24) is 0 Å². The van der Waals surface area contributed by atoms with Crippen molar-refractivity contribution in [1.29, 1.82) is 0 Å². The van der Waals surface area contributed by atoms with Crippen molar-refractivity contribution in [3.05, 3.63) is 114 Å². The van der Waals surface area contributed by atoms with Crippen LogP contribution in [0.25, 0.3) is 5.57 Å². The summed E-state index contributed by atoms with van der Waals surface area (Å²) >= 11 is 0. The second-order valence-corrected chi connectivity index (χ2v) is 7.98. The summed E-state index contributed by atoms with van der Waals surface area (Å²) in [4.78, 5) is 0. The molecule has 2 aromatic carbocycles. The summed E-state index contributed by atoms with van der Waals surface area (Å²) in [5.41, 5.74) is 6.85. The molecule has 0 aliphatic carbocycles. The van der Waals surface area contributed by atoms with Gasteiger partial charge in [0.15, 0.2) is 0 Å². The van der Waals surface area contributed by atoms with Crippen LogP contribution in [-0.4, -0.2) is 6.17 Å². The van der Waals surface area contributed by atoms with E-state index < -0.39 is 6.17 Å². The third-order valence-electron chi connectivity index (χ3n) is 5.52. The van der Waals surface area contributed by atoms with Crippen molar-refractivity contribution in [2.45, 2.75) is 52.6 Å². The molecule has 0 amide bonds. The van der Waals surface area contributed by atoms with E-state index in [2.05, 4.69) is 51.3 Å². The number of aryl methyl sites for hydroxylation is 2. The second kappa shape index (κ2) is 12.1. The molecule has 1 heteroatoms. The largest absolute Gasteiger partial charge is 0.243 e. The van der Waals surface area contributed by atoms with Gasteiger partial charge in [0.05, 0.1) is 0 Å². The van der Waals surface area contributed by atoms with Gasteiger partial charge in [-0.25, -0.2) is 4.39 Å². The zero-order chi connectivity index (χ0) is 21.9. The second-order valence-electron chi connectivity index (χ2n) is 7.98. The minimum absolute atomic E-state index is 0.102. The Morgan fingerprint density at radius 3 is 2.33 bits per heavy atom. The number of alkyl halides is 1. The Balaban J connectivity index is 1.99. The monoisotopic (exact) mass is 402 g/mol. The molecule has 0 heterocycles. The van der Waals surface area contributed by atoms with Gasteiger partial charge in [-0.15, -0.1) is 0 Å². The number of hydrogen-bond donors (Lipinski definition) is 0.